The summed E-state index contributed by atoms with van der Waals surface area (Å²) in [4.78, 5) is 25.2. The average Bonchev–Trinajstić information content (AvgIpc) is 2.80. The lowest BCUT2D eigenvalue weighted by Crippen LogP contribution is -2.48. The van der Waals surface area contributed by atoms with Crippen molar-refractivity contribution in [3.63, 3.8) is 0 Å². The number of hydrogen-bond donors (Lipinski definition) is 3. The number of carbonyl (C=O) groups excluding carboxylic acids is 1. The number of anilines is 1. The summed E-state index contributed by atoms with van der Waals surface area (Å²) in [5, 5.41) is 18.9. The molecule has 0 spiro atoms. The van der Waals surface area contributed by atoms with Gasteiger partial charge >= 0.3 is 5.97 Å². The highest BCUT2D eigenvalue weighted by Crippen LogP contribution is 2.30. The highest BCUT2D eigenvalue weighted by Gasteiger charge is 2.44. The highest BCUT2D eigenvalue weighted by atomic mass is 16.4. The number of benzene rings is 1. The number of likely N-dealkylation sites (tertiary alicyclic amines) is 1. The number of nitrogen functional groups attached to an aromatic ring is 1. The van der Waals surface area contributed by atoms with E-state index in [0.717, 1.165) is 5.56 Å². The molecule has 6 nitrogen and oxygen atoms in total. The van der Waals surface area contributed by atoms with Crippen molar-refractivity contribution in [1.29, 1.82) is 0 Å². The number of hydrogen-bond acceptors (Lipinski definition) is 4. The topological polar surface area (TPSA) is 104 Å². The molecule has 0 bridgehead atoms. The van der Waals surface area contributed by atoms with Gasteiger partial charge in [-0.2, -0.15) is 0 Å². The van der Waals surface area contributed by atoms with E-state index >= 15 is 0 Å². The van der Waals surface area contributed by atoms with Gasteiger partial charge in [0, 0.05) is 18.7 Å². The number of rotatable bonds is 3. The fourth-order valence-corrected chi connectivity index (χ4v) is 2.65. The Labute approximate surface area is 123 Å². The Bertz CT molecular complexity index is 553. The van der Waals surface area contributed by atoms with Crippen LogP contribution in [0.3, 0.4) is 0 Å². The molecule has 2 atom stereocenters. The van der Waals surface area contributed by atoms with E-state index in [1.54, 1.807) is 38.1 Å². The minimum Gasteiger partial charge on any atom is -0.480 e. The second-order valence-corrected chi connectivity index (χ2v) is 5.95. The Hall–Kier alpha value is -2.08. The number of carboxylic acid groups (broad SMARTS) is 1. The Balaban J connectivity index is 2.29. The molecule has 4 N–H and O–H groups in total. The van der Waals surface area contributed by atoms with Crippen LogP contribution in [0.25, 0.3) is 0 Å². The third-order valence-corrected chi connectivity index (χ3v) is 3.99. The first-order valence-electron chi connectivity index (χ1n) is 6.81. The summed E-state index contributed by atoms with van der Waals surface area (Å²) in [6, 6.07) is 5.96. The molecule has 1 saturated heterocycles. The van der Waals surface area contributed by atoms with Crippen molar-refractivity contribution in [3.8, 4) is 0 Å². The number of β-amino-alcohol motifs (C(OH)–C–C–N with tert-alkyl or cyclic N) is 1. The zero-order chi connectivity index (χ0) is 15.8. The summed E-state index contributed by atoms with van der Waals surface area (Å²) in [5.41, 5.74) is 6.11. The minimum atomic E-state index is -1.09. The molecule has 0 aliphatic carbocycles. The lowest BCUT2D eigenvalue weighted by atomic mass is 9.83. The van der Waals surface area contributed by atoms with Gasteiger partial charge in [-0.05, 0) is 31.5 Å². The first-order chi connectivity index (χ1) is 9.73. The minimum absolute atomic E-state index is 0.0498. The van der Waals surface area contributed by atoms with Gasteiger partial charge in [-0.25, -0.2) is 4.79 Å². The first kappa shape index (κ1) is 15.3. The summed E-state index contributed by atoms with van der Waals surface area (Å²) >= 11 is 0. The molecule has 21 heavy (non-hydrogen) atoms. The van der Waals surface area contributed by atoms with Crippen molar-refractivity contribution in [2.45, 2.75) is 37.8 Å². The van der Waals surface area contributed by atoms with Gasteiger partial charge in [0.05, 0.1) is 11.5 Å². The lowest BCUT2D eigenvalue weighted by Gasteiger charge is -2.32. The van der Waals surface area contributed by atoms with Gasteiger partial charge in [-0.1, -0.05) is 12.1 Å². The first-order valence-corrected chi connectivity index (χ1v) is 6.81. The van der Waals surface area contributed by atoms with Gasteiger partial charge in [-0.15, -0.1) is 0 Å². The SMILES string of the molecule is CC(C)(C(=O)N1CC(O)C[C@H]1C(=O)O)c1ccc(N)cc1. The molecular weight excluding hydrogens is 272 g/mol. The molecule has 1 fully saturated rings. The molecule has 1 aromatic carbocycles. The number of aliphatic carboxylic acids is 1. The van der Waals surface area contributed by atoms with E-state index in [0.29, 0.717) is 5.69 Å². The standard InChI is InChI=1S/C15H20N2O4/c1-15(2,9-3-5-10(16)6-4-9)14(21)17-8-11(18)7-12(17)13(19)20/h3-6,11-12,18H,7-8,16H2,1-2H3,(H,19,20)/t11?,12-/m0/s1. The molecule has 114 valence electrons. The van der Waals surface area contributed by atoms with Crippen LogP contribution < -0.4 is 5.73 Å². The van der Waals surface area contributed by atoms with Crippen molar-refractivity contribution in [2.24, 2.45) is 0 Å². The van der Waals surface area contributed by atoms with Gasteiger partial charge < -0.3 is 20.8 Å². The van der Waals surface area contributed by atoms with E-state index in [2.05, 4.69) is 0 Å². The number of amides is 1. The van der Waals surface area contributed by atoms with Crippen molar-refractivity contribution in [1.82, 2.24) is 4.90 Å². The fourth-order valence-electron chi connectivity index (χ4n) is 2.65. The van der Waals surface area contributed by atoms with Crippen molar-refractivity contribution in [3.05, 3.63) is 29.8 Å². The number of carboxylic acids is 1. The zero-order valence-corrected chi connectivity index (χ0v) is 12.1. The summed E-state index contributed by atoms with van der Waals surface area (Å²) < 4.78 is 0. The van der Waals surface area contributed by atoms with E-state index in [9.17, 15) is 19.8 Å². The van der Waals surface area contributed by atoms with Crippen molar-refractivity contribution in [2.75, 3.05) is 12.3 Å². The number of aliphatic hydroxyl groups is 1. The van der Waals surface area contributed by atoms with E-state index in [1.807, 2.05) is 0 Å². The molecule has 0 saturated carbocycles. The molecule has 6 heteroatoms. The Morgan fingerprint density at radius 1 is 1.29 bits per heavy atom. The average molecular weight is 292 g/mol. The predicted molar refractivity (Wildman–Crippen MR) is 77.6 cm³/mol. The van der Waals surface area contributed by atoms with Crippen LogP contribution >= 0.6 is 0 Å². The monoisotopic (exact) mass is 292 g/mol. The van der Waals surface area contributed by atoms with Crippen LogP contribution in [0.15, 0.2) is 24.3 Å². The van der Waals surface area contributed by atoms with Crippen LogP contribution in [-0.2, 0) is 15.0 Å². The van der Waals surface area contributed by atoms with Gasteiger partial charge in [0.1, 0.15) is 6.04 Å². The Kier molecular flexibility index (Phi) is 3.91. The number of carbonyl (C=O) groups is 2. The van der Waals surface area contributed by atoms with E-state index < -0.39 is 23.5 Å². The van der Waals surface area contributed by atoms with Gasteiger partial charge in [-0.3, -0.25) is 4.79 Å². The second kappa shape index (κ2) is 5.37. The van der Waals surface area contributed by atoms with Crippen LogP contribution in [-0.4, -0.2) is 45.7 Å². The molecule has 0 aromatic heterocycles. The van der Waals surface area contributed by atoms with Crippen LogP contribution in [0.5, 0.6) is 0 Å². The number of aliphatic hydroxyl groups excluding tert-OH is 1. The molecule has 1 amide bonds. The molecule has 0 radical (unpaired) electrons. The van der Waals surface area contributed by atoms with E-state index in [-0.39, 0.29) is 18.9 Å². The molecule has 1 aliphatic rings. The van der Waals surface area contributed by atoms with Gasteiger partial charge in [0.25, 0.3) is 0 Å². The van der Waals surface area contributed by atoms with Crippen molar-refractivity contribution < 1.29 is 19.8 Å². The maximum Gasteiger partial charge on any atom is 0.326 e. The van der Waals surface area contributed by atoms with Gasteiger partial charge in [0.2, 0.25) is 5.91 Å². The fraction of sp³-hybridized carbons (Fsp3) is 0.467. The third-order valence-electron chi connectivity index (χ3n) is 3.99. The second-order valence-electron chi connectivity index (χ2n) is 5.95. The quantitative estimate of drug-likeness (QED) is 0.707. The maximum absolute atomic E-state index is 12.7. The lowest BCUT2D eigenvalue weighted by molar-refractivity contribution is -0.150. The van der Waals surface area contributed by atoms with Crippen LogP contribution in [0.2, 0.25) is 0 Å². The zero-order valence-electron chi connectivity index (χ0n) is 12.1. The predicted octanol–water partition coefficient (Wildman–Crippen LogP) is 0.593. The Morgan fingerprint density at radius 3 is 2.38 bits per heavy atom. The normalized spacial score (nSPS) is 22.3. The molecule has 1 aliphatic heterocycles. The van der Waals surface area contributed by atoms with Crippen LogP contribution in [0.4, 0.5) is 5.69 Å². The molecular formula is C15H20N2O4. The molecule has 1 unspecified atom stereocenters. The third kappa shape index (κ3) is 2.85. The van der Waals surface area contributed by atoms with E-state index in [4.69, 9.17) is 5.73 Å². The summed E-state index contributed by atoms with van der Waals surface area (Å²) in [5.74, 6) is -1.40. The largest absolute Gasteiger partial charge is 0.480 e. The van der Waals surface area contributed by atoms with Crippen LogP contribution in [0, 0.1) is 0 Å². The number of nitrogens with two attached hydrogens (primary N) is 1. The van der Waals surface area contributed by atoms with Crippen LogP contribution in [0.1, 0.15) is 25.8 Å². The number of nitrogens with zero attached hydrogens (tertiary/aromatic N) is 1. The smallest absolute Gasteiger partial charge is 0.326 e. The summed E-state index contributed by atoms with van der Waals surface area (Å²) in [7, 11) is 0. The molecule has 1 aromatic rings. The van der Waals surface area contributed by atoms with Gasteiger partial charge in [0.15, 0.2) is 0 Å². The Morgan fingerprint density at radius 2 is 1.86 bits per heavy atom. The van der Waals surface area contributed by atoms with E-state index in [1.165, 1.54) is 4.90 Å². The summed E-state index contributed by atoms with van der Waals surface area (Å²) in [6.45, 7) is 3.53. The molecule has 1 heterocycles. The molecule has 2 rings (SSSR count). The summed E-state index contributed by atoms with van der Waals surface area (Å²) in [6.07, 6.45) is -0.726. The van der Waals surface area contributed by atoms with Crippen molar-refractivity contribution >= 4 is 17.6 Å². The highest BCUT2D eigenvalue weighted by molar-refractivity contribution is 5.91. The maximum atomic E-state index is 12.7.